The van der Waals surface area contributed by atoms with Crippen molar-refractivity contribution in [3.8, 4) is 0 Å². The van der Waals surface area contributed by atoms with Crippen LogP contribution in [0.1, 0.15) is 42.8 Å². The first-order valence-electron chi connectivity index (χ1n) is 10.5. The summed E-state index contributed by atoms with van der Waals surface area (Å²) in [6.45, 7) is 8.98. The van der Waals surface area contributed by atoms with E-state index in [0.29, 0.717) is 41.6 Å². The monoisotopic (exact) mass is 421 g/mol. The Hall–Kier alpha value is -3.42. The molecule has 31 heavy (non-hydrogen) atoms. The number of rotatable bonds is 7. The van der Waals surface area contributed by atoms with Crippen LogP contribution in [0.15, 0.2) is 50.8 Å². The lowest BCUT2D eigenvalue weighted by molar-refractivity contribution is 0.391. The van der Waals surface area contributed by atoms with E-state index >= 15 is 0 Å². The molecule has 4 rings (SSSR count). The molecule has 0 amide bonds. The second-order valence-electron chi connectivity index (χ2n) is 8.34. The Morgan fingerprint density at radius 2 is 1.77 bits per heavy atom. The average molecular weight is 422 g/mol. The Morgan fingerprint density at radius 3 is 2.42 bits per heavy atom. The second kappa shape index (κ2) is 8.37. The molecule has 3 heterocycles. The lowest BCUT2D eigenvalue weighted by Crippen LogP contribution is -2.41. The zero-order chi connectivity index (χ0) is 22.1. The molecule has 0 bridgehead atoms. The van der Waals surface area contributed by atoms with E-state index in [9.17, 15) is 9.59 Å². The van der Waals surface area contributed by atoms with Gasteiger partial charge in [-0.05, 0) is 31.7 Å². The quantitative estimate of drug-likeness (QED) is 0.458. The molecular weight excluding hydrogens is 394 g/mol. The van der Waals surface area contributed by atoms with Gasteiger partial charge in [0.05, 0.1) is 25.1 Å². The normalized spacial score (nSPS) is 11.6. The number of hydrogen-bond acceptors (Lipinski definition) is 5. The highest BCUT2D eigenvalue weighted by Crippen LogP contribution is 2.15. The largest absolute Gasteiger partial charge is 0.361 e. The summed E-state index contributed by atoms with van der Waals surface area (Å²) in [5.74, 6) is 1.09. The maximum atomic E-state index is 13.5. The fourth-order valence-electron chi connectivity index (χ4n) is 3.74. The maximum absolute atomic E-state index is 13.5. The number of imidazole rings is 1. The van der Waals surface area contributed by atoms with E-state index in [4.69, 9.17) is 4.52 Å². The Balaban J connectivity index is 1.92. The molecule has 0 aliphatic carbocycles. The number of nitrogens with zero attached hydrogens (tertiary/aromatic N) is 5. The van der Waals surface area contributed by atoms with Crippen LogP contribution in [-0.4, -0.2) is 23.8 Å². The van der Waals surface area contributed by atoms with Gasteiger partial charge in [-0.1, -0.05) is 49.3 Å². The molecule has 0 atom stereocenters. The second-order valence-corrected chi connectivity index (χ2v) is 8.34. The van der Waals surface area contributed by atoms with Crippen molar-refractivity contribution in [3.63, 3.8) is 0 Å². The van der Waals surface area contributed by atoms with E-state index in [0.717, 1.165) is 17.5 Å². The molecule has 8 heteroatoms. The molecule has 0 fully saturated rings. The van der Waals surface area contributed by atoms with E-state index in [1.807, 2.05) is 41.8 Å². The van der Waals surface area contributed by atoms with Crippen LogP contribution in [-0.2, 0) is 19.6 Å². The van der Waals surface area contributed by atoms with Gasteiger partial charge < -0.3 is 9.09 Å². The van der Waals surface area contributed by atoms with Crippen LogP contribution in [0.5, 0.6) is 0 Å². The molecule has 3 aromatic heterocycles. The van der Waals surface area contributed by atoms with Gasteiger partial charge in [0, 0.05) is 12.1 Å². The predicted octanol–water partition coefficient (Wildman–Crippen LogP) is 3.11. The summed E-state index contributed by atoms with van der Waals surface area (Å²) in [4.78, 5) is 31.4. The molecule has 0 saturated heterocycles. The zero-order valence-electron chi connectivity index (χ0n) is 18.3. The third-order valence-electron chi connectivity index (χ3n) is 5.61. The highest BCUT2D eigenvalue weighted by molar-refractivity contribution is 5.70. The number of fused-ring (bicyclic) bond motifs is 1. The molecule has 8 nitrogen and oxygen atoms in total. The Bertz CT molecular complexity index is 1310. The van der Waals surface area contributed by atoms with Crippen LogP contribution in [0.4, 0.5) is 0 Å². The van der Waals surface area contributed by atoms with Crippen molar-refractivity contribution in [3.05, 3.63) is 80.1 Å². The SMILES string of the molecule is Cc1noc(C)c1Cn1c(=O)c2c(ncn2CCC(C)C)n(Cc2ccccc2)c1=O. The first-order valence-corrected chi connectivity index (χ1v) is 10.5. The van der Waals surface area contributed by atoms with E-state index in [1.54, 1.807) is 17.8 Å². The highest BCUT2D eigenvalue weighted by Gasteiger charge is 2.20. The van der Waals surface area contributed by atoms with Crippen molar-refractivity contribution in [2.45, 2.75) is 53.8 Å². The molecule has 0 aliphatic rings. The van der Waals surface area contributed by atoms with Gasteiger partial charge in [0.15, 0.2) is 11.2 Å². The van der Waals surface area contributed by atoms with Crippen LogP contribution >= 0.6 is 0 Å². The molecule has 4 aromatic rings. The molecule has 0 saturated carbocycles. The van der Waals surface area contributed by atoms with Crippen LogP contribution in [0.3, 0.4) is 0 Å². The zero-order valence-corrected chi connectivity index (χ0v) is 18.3. The Morgan fingerprint density at radius 1 is 1.03 bits per heavy atom. The molecule has 0 aliphatic heterocycles. The minimum absolute atomic E-state index is 0.110. The van der Waals surface area contributed by atoms with Crippen LogP contribution in [0.25, 0.3) is 11.2 Å². The summed E-state index contributed by atoms with van der Waals surface area (Å²) in [7, 11) is 0. The third kappa shape index (κ3) is 3.97. The molecule has 0 radical (unpaired) electrons. The molecule has 162 valence electrons. The van der Waals surface area contributed by atoms with Gasteiger partial charge in [-0.15, -0.1) is 0 Å². The molecule has 1 aromatic carbocycles. The Labute approximate surface area is 179 Å². The minimum Gasteiger partial charge on any atom is -0.361 e. The van der Waals surface area contributed by atoms with Gasteiger partial charge in [0.25, 0.3) is 5.56 Å². The summed E-state index contributed by atoms with van der Waals surface area (Å²) in [6.07, 6.45) is 2.57. The first-order chi connectivity index (χ1) is 14.9. The average Bonchev–Trinajstić information content (AvgIpc) is 3.31. The van der Waals surface area contributed by atoms with Crippen molar-refractivity contribution in [1.82, 2.24) is 23.8 Å². The molecule has 0 spiro atoms. The van der Waals surface area contributed by atoms with E-state index in [1.165, 1.54) is 4.57 Å². The Kier molecular flexibility index (Phi) is 5.63. The summed E-state index contributed by atoms with van der Waals surface area (Å²) >= 11 is 0. The van der Waals surface area contributed by atoms with Gasteiger partial charge in [-0.25, -0.2) is 9.78 Å². The number of benzene rings is 1. The molecule has 0 N–H and O–H groups in total. The summed E-state index contributed by atoms with van der Waals surface area (Å²) in [5, 5.41) is 3.96. The van der Waals surface area contributed by atoms with E-state index in [-0.39, 0.29) is 12.1 Å². The lowest BCUT2D eigenvalue weighted by atomic mass is 10.1. The predicted molar refractivity (Wildman–Crippen MR) is 118 cm³/mol. The van der Waals surface area contributed by atoms with Gasteiger partial charge in [0.2, 0.25) is 0 Å². The highest BCUT2D eigenvalue weighted by atomic mass is 16.5. The molecule has 0 unspecified atom stereocenters. The van der Waals surface area contributed by atoms with Gasteiger partial charge in [-0.2, -0.15) is 0 Å². The smallest absolute Gasteiger partial charge is 0.333 e. The molecular formula is C23H27N5O3. The summed E-state index contributed by atoms with van der Waals surface area (Å²) in [6, 6.07) is 9.70. The number of aromatic nitrogens is 5. The van der Waals surface area contributed by atoms with Crippen LogP contribution in [0, 0.1) is 19.8 Å². The summed E-state index contributed by atoms with van der Waals surface area (Å²) < 4.78 is 9.95. The van der Waals surface area contributed by atoms with Gasteiger partial charge >= 0.3 is 5.69 Å². The minimum atomic E-state index is -0.393. The topological polar surface area (TPSA) is 87.8 Å². The lowest BCUT2D eigenvalue weighted by Gasteiger charge is -2.13. The maximum Gasteiger partial charge on any atom is 0.333 e. The fraction of sp³-hybridized carbons (Fsp3) is 0.391. The standard InChI is InChI=1S/C23H27N5O3/c1-15(2)10-11-26-14-24-21-20(26)22(29)28(13-19-16(3)25-31-17(19)4)23(30)27(21)12-18-8-6-5-7-9-18/h5-9,14-15H,10-13H2,1-4H3. The van der Waals surface area contributed by atoms with Crippen molar-refractivity contribution < 1.29 is 4.52 Å². The van der Waals surface area contributed by atoms with Gasteiger partial charge in [-0.3, -0.25) is 13.9 Å². The first kappa shape index (κ1) is 20.8. The van der Waals surface area contributed by atoms with Crippen molar-refractivity contribution in [2.24, 2.45) is 5.92 Å². The van der Waals surface area contributed by atoms with Crippen LogP contribution in [0.2, 0.25) is 0 Å². The third-order valence-corrected chi connectivity index (χ3v) is 5.61. The van der Waals surface area contributed by atoms with Crippen molar-refractivity contribution in [1.29, 1.82) is 0 Å². The number of hydrogen-bond donors (Lipinski definition) is 0. The number of aryl methyl sites for hydroxylation is 3. The van der Waals surface area contributed by atoms with Crippen molar-refractivity contribution in [2.75, 3.05) is 0 Å². The van der Waals surface area contributed by atoms with Crippen molar-refractivity contribution >= 4 is 11.2 Å². The van der Waals surface area contributed by atoms with Crippen LogP contribution < -0.4 is 11.2 Å². The summed E-state index contributed by atoms with van der Waals surface area (Å²) in [5.41, 5.74) is 2.51. The van der Waals surface area contributed by atoms with E-state index in [2.05, 4.69) is 24.0 Å². The fourth-order valence-corrected chi connectivity index (χ4v) is 3.74. The van der Waals surface area contributed by atoms with Gasteiger partial charge in [0.1, 0.15) is 5.76 Å². The van der Waals surface area contributed by atoms with E-state index < -0.39 is 5.69 Å².